The number of rotatable bonds is 5. The van der Waals surface area contributed by atoms with Crippen molar-refractivity contribution in [2.75, 3.05) is 6.54 Å². The van der Waals surface area contributed by atoms with Gasteiger partial charge in [0.2, 0.25) is 0 Å². The smallest absolute Gasteiger partial charge is 0.317 e. The van der Waals surface area contributed by atoms with Crippen LogP contribution in [0, 0.1) is 0 Å². The Morgan fingerprint density at radius 3 is 2.59 bits per heavy atom. The molecule has 6 heteroatoms. The molecule has 1 rings (SSSR count). The van der Waals surface area contributed by atoms with Crippen LogP contribution in [0.4, 0.5) is 0 Å². The van der Waals surface area contributed by atoms with E-state index in [1.807, 2.05) is 0 Å². The molecular formula is C11H11Cl2NO3. The molecule has 0 heterocycles. The first-order chi connectivity index (χ1) is 7.91. The summed E-state index contributed by atoms with van der Waals surface area (Å²) in [5.41, 5.74) is 0.321. The fourth-order valence-corrected chi connectivity index (χ4v) is 1.76. The van der Waals surface area contributed by atoms with Gasteiger partial charge in [-0.15, -0.1) is 0 Å². The number of nitrogens with one attached hydrogen (secondary N) is 1. The maximum absolute atomic E-state index is 11.9. The van der Waals surface area contributed by atoms with Gasteiger partial charge in [-0.1, -0.05) is 23.2 Å². The van der Waals surface area contributed by atoms with Crippen molar-refractivity contribution in [2.24, 2.45) is 0 Å². The lowest BCUT2D eigenvalue weighted by atomic mass is 10.1. The molecule has 0 fully saturated rings. The van der Waals surface area contributed by atoms with Crippen molar-refractivity contribution in [1.29, 1.82) is 0 Å². The standard InChI is InChI=1S/C11H11Cl2NO3/c1-6(14-5-10(15)16)11(17)8-3-2-7(12)4-9(8)13/h2-4,6,14H,5H2,1H3,(H,15,16). The molecule has 0 bridgehead atoms. The predicted molar refractivity (Wildman–Crippen MR) is 65.9 cm³/mol. The molecule has 0 aliphatic heterocycles. The number of carbonyl (C=O) groups excluding carboxylic acids is 1. The van der Waals surface area contributed by atoms with Gasteiger partial charge in [0.15, 0.2) is 5.78 Å². The van der Waals surface area contributed by atoms with Crippen LogP contribution < -0.4 is 5.32 Å². The van der Waals surface area contributed by atoms with Crippen LogP contribution >= 0.6 is 23.2 Å². The highest BCUT2D eigenvalue weighted by atomic mass is 35.5. The Balaban J connectivity index is 2.78. The third-order valence-electron chi connectivity index (χ3n) is 2.15. The minimum atomic E-state index is -1.02. The molecule has 1 aromatic carbocycles. The zero-order valence-electron chi connectivity index (χ0n) is 9.04. The molecule has 17 heavy (non-hydrogen) atoms. The molecular weight excluding hydrogens is 265 g/mol. The Morgan fingerprint density at radius 1 is 1.41 bits per heavy atom. The zero-order chi connectivity index (χ0) is 13.0. The largest absolute Gasteiger partial charge is 0.480 e. The van der Waals surface area contributed by atoms with E-state index in [2.05, 4.69) is 5.32 Å². The van der Waals surface area contributed by atoms with E-state index in [-0.39, 0.29) is 17.4 Å². The highest BCUT2D eigenvalue weighted by Gasteiger charge is 2.18. The second kappa shape index (κ2) is 6.00. The maximum Gasteiger partial charge on any atom is 0.317 e. The molecule has 0 amide bonds. The lowest BCUT2D eigenvalue weighted by Crippen LogP contribution is -2.37. The highest BCUT2D eigenvalue weighted by Crippen LogP contribution is 2.22. The number of hydrogen-bond acceptors (Lipinski definition) is 3. The zero-order valence-corrected chi connectivity index (χ0v) is 10.5. The fourth-order valence-electron chi connectivity index (χ4n) is 1.26. The molecule has 2 N–H and O–H groups in total. The number of ketones is 1. The van der Waals surface area contributed by atoms with Crippen LogP contribution in [-0.4, -0.2) is 29.4 Å². The van der Waals surface area contributed by atoms with Gasteiger partial charge in [-0.25, -0.2) is 0 Å². The first-order valence-electron chi connectivity index (χ1n) is 4.86. The second-order valence-corrected chi connectivity index (χ2v) is 4.33. The summed E-state index contributed by atoms with van der Waals surface area (Å²) in [5, 5.41) is 11.8. The number of carboxylic acid groups (broad SMARTS) is 1. The van der Waals surface area contributed by atoms with E-state index in [1.54, 1.807) is 13.0 Å². The molecule has 0 aliphatic rings. The van der Waals surface area contributed by atoms with E-state index < -0.39 is 12.0 Å². The highest BCUT2D eigenvalue weighted by molar-refractivity contribution is 6.37. The molecule has 92 valence electrons. The van der Waals surface area contributed by atoms with E-state index in [4.69, 9.17) is 28.3 Å². The van der Waals surface area contributed by atoms with Crippen molar-refractivity contribution >= 4 is 35.0 Å². The summed E-state index contributed by atoms with van der Waals surface area (Å²) < 4.78 is 0. The Hall–Kier alpha value is -1.10. The molecule has 0 saturated carbocycles. The van der Waals surface area contributed by atoms with Crippen molar-refractivity contribution in [2.45, 2.75) is 13.0 Å². The lowest BCUT2D eigenvalue weighted by Gasteiger charge is -2.12. The van der Waals surface area contributed by atoms with Crippen LogP contribution in [0.2, 0.25) is 10.0 Å². The molecule has 0 aromatic heterocycles. The van der Waals surface area contributed by atoms with Crippen molar-refractivity contribution < 1.29 is 14.7 Å². The first kappa shape index (κ1) is 14.0. The first-order valence-corrected chi connectivity index (χ1v) is 5.62. The summed E-state index contributed by atoms with van der Waals surface area (Å²) in [6, 6.07) is 3.93. The number of aliphatic carboxylic acids is 1. The van der Waals surface area contributed by atoms with E-state index in [0.717, 1.165) is 0 Å². The van der Waals surface area contributed by atoms with Crippen LogP contribution in [0.25, 0.3) is 0 Å². The maximum atomic E-state index is 11.9. The van der Waals surface area contributed by atoms with Crippen LogP contribution in [-0.2, 0) is 4.79 Å². The van der Waals surface area contributed by atoms with E-state index >= 15 is 0 Å². The van der Waals surface area contributed by atoms with Gasteiger partial charge < -0.3 is 5.11 Å². The normalized spacial score (nSPS) is 12.2. The molecule has 1 aromatic rings. The lowest BCUT2D eigenvalue weighted by molar-refractivity contribution is -0.136. The molecule has 1 unspecified atom stereocenters. The predicted octanol–water partition coefficient (Wildman–Crippen LogP) is 2.24. The molecule has 4 nitrogen and oxygen atoms in total. The van der Waals surface area contributed by atoms with Crippen molar-refractivity contribution in [1.82, 2.24) is 5.32 Å². The molecule has 0 radical (unpaired) electrons. The quantitative estimate of drug-likeness (QED) is 0.809. The topological polar surface area (TPSA) is 66.4 Å². The van der Waals surface area contributed by atoms with Crippen molar-refractivity contribution in [3.8, 4) is 0 Å². The molecule has 0 aliphatic carbocycles. The van der Waals surface area contributed by atoms with Crippen molar-refractivity contribution in [3.05, 3.63) is 33.8 Å². The van der Waals surface area contributed by atoms with Gasteiger partial charge in [-0.2, -0.15) is 0 Å². The Labute approximate surface area is 109 Å². The summed E-state index contributed by atoms with van der Waals surface area (Å²) in [4.78, 5) is 22.3. The fraction of sp³-hybridized carbons (Fsp3) is 0.273. The number of hydrogen-bond donors (Lipinski definition) is 2. The minimum Gasteiger partial charge on any atom is -0.480 e. The van der Waals surface area contributed by atoms with E-state index in [9.17, 15) is 9.59 Å². The third kappa shape index (κ3) is 4.00. The SMILES string of the molecule is CC(NCC(=O)O)C(=O)c1ccc(Cl)cc1Cl. The van der Waals surface area contributed by atoms with E-state index in [1.165, 1.54) is 12.1 Å². The molecule has 0 spiro atoms. The van der Waals surface area contributed by atoms with Gasteiger partial charge in [0.25, 0.3) is 0 Å². The summed E-state index contributed by atoms with van der Waals surface area (Å²) >= 11 is 11.6. The summed E-state index contributed by atoms with van der Waals surface area (Å²) in [5.74, 6) is -1.29. The van der Waals surface area contributed by atoms with Crippen LogP contribution in [0.5, 0.6) is 0 Å². The Morgan fingerprint density at radius 2 is 2.06 bits per heavy atom. The van der Waals surface area contributed by atoms with Gasteiger partial charge in [0.1, 0.15) is 0 Å². The Bertz CT molecular complexity index is 448. The van der Waals surface area contributed by atoms with E-state index in [0.29, 0.717) is 10.6 Å². The van der Waals surface area contributed by atoms with Crippen LogP contribution in [0.3, 0.4) is 0 Å². The van der Waals surface area contributed by atoms with Crippen LogP contribution in [0.15, 0.2) is 18.2 Å². The average molecular weight is 276 g/mol. The average Bonchev–Trinajstić information content (AvgIpc) is 2.25. The Kier molecular flexibility index (Phi) is 4.93. The number of benzene rings is 1. The van der Waals surface area contributed by atoms with Gasteiger partial charge >= 0.3 is 5.97 Å². The number of halogens is 2. The monoisotopic (exact) mass is 275 g/mol. The van der Waals surface area contributed by atoms with Gasteiger partial charge in [-0.05, 0) is 25.1 Å². The second-order valence-electron chi connectivity index (χ2n) is 3.48. The molecule has 0 saturated heterocycles. The third-order valence-corrected chi connectivity index (χ3v) is 2.70. The summed E-state index contributed by atoms with van der Waals surface area (Å²) in [6.07, 6.45) is 0. The molecule has 1 atom stereocenters. The minimum absolute atomic E-state index is 0.256. The van der Waals surface area contributed by atoms with Gasteiger partial charge in [0.05, 0.1) is 17.6 Å². The van der Waals surface area contributed by atoms with Gasteiger partial charge in [0, 0.05) is 10.6 Å². The number of Topliss-reactive ketones (excluding diaryl/α,β-unsaturated/α-hetero) is 1. The van der Waals surface area contributed by atoms with Crippen molar-refractivity contribution in [3.63, 3.8) is 0 Å². The number of carboxylic acids is 1. The van der Waals surface area contributed by atoms with Gasteiger partial charge in [-0.3, -0.25) is 14.9 Å². The van der Waals surface area contributed by atoms with Crippen LogP contribution in [0.1, 0.15) is 17.3 Å². The summed E-state index contributed by atoms with van der Waals surface area (Å²) in [7, 11) is 0. The number of carbonyl (C=O) groups is 2. The summed E-state index contributed by atoms with van der Waals surface area (Å²) in [6.45, 7) is 1.30.